The topological polar surface area (TPSA) is 59.1 Å². The van der Waals surface area contributed by atoms with Gasteiger partial charge in [-0.05, 0) is 25.7 Å². The lowest BCUT2D eigenvalue weighted by Crippen LogP contribution is -2.19. The molecule has 1 aliphatic rings. The molecule has 0 spiro atoms. The molecule has 2 rings (SSSR count). The molecular formula is C15H26N4O. The molecule has 0 bridgehead atoms. The van der Waals surface area contributed by atoms with Crippen LogP contribution in [0.2, 0.25) is 0 Å². The molecule has 2 heterocycles. The minimum absolute atomic E-state index is 0.326. The van der Waals surface area contributed by atoms with Gasteiger partial charge in [0, 0.05) is 32.2 Å². The number of nitrogens with zero attached hydrogens (tertiary/aromatic N) is 2. The summed E-state index contributed by atoms with van der Waals surface area (Å²) in [6, 6.07) is 1.99. The van der Waals surface area contributed by atoms with Gasteiger partial charge in [-0.25, -0.2) is 9.97 Å². The second-order valence-electron chi connectivity index (χ2n) is 5.25. The normalized spacial score (nSPS) is 18.2. The number of aryl methyl sites for hydroxylation is 1. The molecule has 1 aromatic rings. The van der Waals surface area contributed by atoms with E-state index in [2.05, 4.69) is 34.4 Å². The molecule has 2 N–H and O–H groups in total. The van der Waals surface area contributed by atoms with E-state index >= 15 is 0 Å². The molecular weight excluding hydrogens is 252 g/mol. The molecule has 112 valence electrons. The fourth-order valence-electron chi connectivity index (χ4n) is 2.29. The molecule has 5 heteroatoms. The number of hydrogen-bond acceptors (Lipinski definition) is 5. The highest BCUT2D eigenvalue weighted by atomic mass is 16.5. The van der Waals surface area contributed by atoms with Crippen molar-refractivity contribution in [3.63, 3.8) is 0 Å². The summed E-state index contributed by atoms with van der Waals surface area (Å²) in [6.45, 7) is 6.96. The van der Waals surface area contributed by atoms with Crippen LogP contribution in [-0.2, 0) is 11.2 Å². The van der Waals surface area contributed by atoms with Gasteiger partial charge in [0.05, 0.1) is 6.10 Å². The van der Waals surface area contributed by atoms with Crippen molar-refractivity contribution in [1.82, 2.24) is 9.97 Å². The van der Waals surface area contributed by atoms with Crippen molar-refractivity contribution in [2.24, 2.45) is 0 Å². The fourth-order valence-corrected chi connectivity index (χ4v) is 2.29. The Morgan fingerprint density at radius 1 is 1.20 bits per heavy atom. The summed E-state index contributed by atoms with van der Waals surface area (Å²) in [5.74, 6) is 2.72. The summed E-state index contributed by atoms with van der Waals surface area (Å²) < 4.78 is 5.63. The molecule has 1 saturated heterocycles. The summed E-state index contributed by atoms with van der Waals surface area (Å²) in [4.78, 5) is 9.12. The Morgan fingerprint density at radius 3 is 2.65 bits per heavy atom. The lowest BCUT2D eigenvalue weighted by molar-refractivity contribution is 0.120. The minimum Gasteiger partial charge on any atom is -0.376 e. The van der Waals surface area contributed by atoms with E-state index in [1.165, 1.54) is 6.42 Å². The van der Waals surface area contributed by atoms with Crippen LogP contribution in [0.5, 0.6) is 0 Å². The van der Waals surface area contributed by atoms with Gasteiger partial charge in [0.15, 0.2) is 0 Å². The van der Waals surface area contributed by atoms with Gasteiger partial charge in [-0.2, -0.15) is 0 Å². The fraction of sp³-hybridized carbons (Fsp3) is 0.733. The van der Waals surface area contributed by atoms with E-state index in [9.17, 15) is 0 Å². The zero-order valence-electron chi connectivity index (χ0n) is 12.6. The van der Waals surface area contributed by atoms with E-state index in [4.69, 9.17) is 4.74 Å². The summed E-state index contributed by atoms with van der Waals surface area (Å²) in [5.41, 5.74) is 0. The second-order valence-corrected chi connectivity index (χ2v) is 5.25. The van der Waals surface area contributed by atoms with E-state index < -0.39 is 0 Å². The van der Waals surface area contributed by atoms with Gasteiger partial charge >= 0.3 is 0 Å². The van der Waals surface area contributed by atoms with Gasteiger partial charge in [0.2, 0.25) is 0 Å². The van der Waals surface area contributed by atoms with E-state index in [-0.39, 0.29) is 0 Å². The maximum absolute atomic E-state index is 5.63. The van der Waals surface area contributed by atoms with Crippen LogP contribution in [0.3, 0.4) is 0 Å². The van der Waals surface area contributed by atoms with Crippen molar-refractivity contribution in [3.05, 3.63) is 11.9 Å². The maximum Gasteiger partial charge on any atom is 0.133 e. The van der Waals surface area contributed by atoms with Crippen LogP contribution in [0.25, 0.3) is 0 Å². The zero-order chi connectivity index (χ0) is 14.2. The van der Waals surface area contributed by atoms with Gasteiger partial charge in [0.1, 0.15) is 17.5 Å². The Hall–Kier alpha value is -1.36. The third-order valence-corrected chi connectivity index (χ3v) is 3.34. The van der Waals surface area contributed by atoms with Gasteiger partial charge in [-0.3, -0.25) is 0 Å². The van der Waals surface area contributed by atoms with Crippen molar-refractivity contribution >= 4 is 11.6 Å². The first-order chi connectivity index (χ1) is 9.81. The lowest BCUT2D eigenvalue weighted by Gasteiger charge is -2.13. The molecule has 0 radical (unpaired) electrons. The van der Waals surface area contributed by atoms with Crippen LogP contribution >= 0.6 is 0 Å². The number of rotatable bonds is 8. The molecule has 1 aromatic heterocycles. The quantitative estimate of drug-likeness (QED) is 0.765. The zero-order valence-corrected chi connectivity index (χ0v) is 12.6. The van der Waals surface area contributed by atoms with Gasteiger partial charge in [-0.1, -0.05) is 13.8 Å². The molecule has 20 heavy (non-hydrogen) atoms. The molecule has 0 aromatic carbocycles. The van der Waals surface area contributed by atoms with Crippen LogP contribution in [0, 0.1) is 0 Å². The minimum atomic E-state index is 0.326. The molecule has 0 saturated carbocycles. The smallest absolute Gasteiger partial charge is 0.133 e. The number of nitrogens with one attached hydrogen (secondary N) is 2. The molecule has 1 unspecified atom stereocenters. The summed E-state index contributed by atoms with van der Waals surface area (Å²) in [7, 11) is 0. The van der Waals surface area contributed by atoms with Gasteiger partial charge in [0.25, 0.3) is 0 Å². The largest absolute Gasteiger partial charge is 0.376 e. The average Bonchev–Trinajstić information content (AvgIpc) is 2.96. The van der Waals surface area contributed by atoms with Crippen LogP contribution in [0.1, 0.15) is 45.4 Å². The Bertz CT molecular complexity index is 405. The van der Waals surface area contributed by atoms with Crippen LogP contribution in [0.4, 0.5) is 11.6 Å². The summed E-state index contributed by atoms with van der Waals surface area (Å²) in [6.07, 6.45) is 5.69. The average molecular weight is 278 g/mol. The standard InChI is InChI=1S/C15H26N4O/c1-3-6-13-18-14(16-8-4-2)10-15(19-13)17-11-12-7-5-9-20-12/h10,12H,3-9,11H2,1-2H3,(H2,16,17,18,19). The Kier molecular flexibility index (Phi) is 6.05. The van der Waals surface area contributed by atoms with E-state index in [0.29, 0.717) is 6.10 Å². The van der Waals surface area contributed by atoms with E-state index in [1.54, 1.807) is 0 Å². The highest BCUT2D eigenvalue weighted by molar-refractivity contribution is 5.47. The summed E-state index contributed by atoms with van der Waals surface area (Å²) in [5, 5.41) is 6.73. The first-order valence-electron chi connectivity index (χ1n) is 7.79. The van der Waals surface area contributed by atoms with Crippen molar-refractivity contribution in [2.75, 3.05) is 30.3 Å². The Labute approximate surface area is 121 Å². The van der Waals surface area contributed by atoms with Crippen LogP contribution in [-0.4, -0.2) is 35.8 Å². The van der Waals surface area contributed by atoms with Crippen LogP contribution in [0.15, 0.2) is 6.07 Å². The first kappa shape index (κ1) is 15.0. The van der Waals surface area contributed by atoms with Crippen molar-refractivity contribution in [2.45, 2.75) is 52.1 Å². The van der Waals surface area contributed by atoms with Gasteiger partial charge in [-0.15, -0.1) is 0 Å². The van der Waals surface area contributed by atoms with Crippen molar-refractivity contribution < 1.29 is 4.74 Å². The molecule has 1 atom stereocenters. The maximum atomic E-state index is 5.63. The lowest BCUT2D eigenvalue weighted by atomic mass is 10.2. The second kappa shape index (κ2) is 8.04. The highest BCUT2D eigenvalue weighted by Crippen LogP contribution is 2.15. The Morgan fingerprint density at radius 2 is 2.00 bits per heavy atom. The molecule has 0 amide bonds. The number of anilines is 2. The predicted molar refractivity (Wildman–Crippen MR) is 82.3 cm³/mol. The van der Waals surface area contributed by atoms with Crippen molar-refractivity contribution in [3.8, 4) is 0 Å². The molecule has 0 aliphatic carbocycles. The predicted octanol–water partition coefficient (Wildman–Crippen LogP) is 2.84. The number of ether oxygens (including phenoxy) is 1. The third kappa shape index (κ3) is 4.63. The summed E-state index contributed by atoms with van der Waals surface area (Å²) >= 11 is 0. The molecule has 1 aliphatic heterocycles. The van der Waals surface area contributed by atoms with Gasteiger partial charge < -0.3 is 15.4 Å². The Balaban J connectivity index is 1.98. The third-order valence-electron chi connectivity index (χ3n) is 3.34. The van der Waals surface area contributed by atoms with E-state index in [1.807, 2.05) is 6.07 Å². The number of aromatic nitrogens is 2. The monoisotopic (exact) mass is 278 g/mol. The first-order valence-corrected chi connectivity index (χ1v) is 7.79. The number of hydrogen-bond donors (Lipinski definition) is 2. The SMILES string of the molecule is CCCNc1cc(NCC2CCCO2)nc(CCC)n1. The molecule has 5 nitrogen and oxygen atoms in total. The molecule has 1 fully saturated rings. The van der Waals surface area contributed by atoms with E-state index in [0.717, 1.165) is 62.8 Å². The highest BCUT2D eigenvalue weighted by Gasteiger charge is 2.15. The van der Waals surface area contributed by atoms with Crippen molar-refractivity contribution in [1.29, 1.82) is 0 Å². The van der Waals surface area contributed by atoms with Crippen LogP contribution < -0.4 is 10.6 Å².